The molecule has 3 rings (SSSR count). The number of imidazole rings is 1. The molecular formula is C16H19N4Y-. The molecule has 0 saturated heterocycles. The third-order valence-corrected chi connectivity index (χ3v) is 3.06. The van der Waals surface area contributed by atoms with E-state index in [1.165, 1.54) is 5.56 Å². The number of aromatic nitrogens is 2. The predicted molar refractivity (Wildman–Crippen MR) is 83.3 cm³/mol. The van der Waals surface area contributed by atoms with E-state index in [1.54, 1.807) is 4.68 Å². The summed E-state index contributed by atoms with van der Waals surface area (Å²) >= 11 is 0. The number of nitrogens with zero attached hydrogens (tertiary/aromatic N) is 4. The van der Waals surface area contributed by atoms with Gasteiger partial charge in [0.2, 0.25) is 0 Å². The Morgan fingerprint density at radius 2 is 1.67 bits per heavy atom. The van der Waals surface area contributed by atoms with Gasteiger partial charge in [0.15, 0.2) is 0 Å². The van der Waals surface area contributed by atoms with Gasteiger partial charge < -0.3 is 9.66 Å². The monoisotopic (exact) mass is 356 g/mol. The second kappa shape index (κ2) is 7.76. The Bertz CT molecular complexity index is 666. The fourth-order valence-corrected chi connectivity index (χ4v) is 1.85. The predicted octanol–water partition coefficient (Wildman–Crippen LogP) is 3.68. The molecule has 0 spiro atoms. The zero-order chi connectivity index (χ0) is 14.7. The molecule has 0 aliphatic carbocycles. The molecule has 0 atom stereocenters. The van der Waals surface area contributed by atoms with Crippen molar-refractivity contribution in [2.75, 3.05) is 0 Å². The van der Waals surface area contributed by atoms with E-state index < -0.39 is 0 Å². The van der Waals surface area contributed by atoms with Gasteiger partial charge in [-0.1, -0.05) is 37.8 Å². The van der Waals surface area contributed by atoms with Crippen LogP contribution in [0.1, 0.15) is 36.6 Å². The van der Waals surface area contributed by atoms with Gasteiger partial charge in [0, 0.05) is 49.9 Å². The average molecular weight is 356 g/mol. The van der Waals surface area contributed by atoms with Crippen LogP contribution in [-0.4, -0.2) is 21.6 Å². The van der Waals surface area contributed by atoms with Crippen LogP contribution in [0.2, 0.25) is 0 Å². The van der Waals surface area contributed by atoms with Gasteiger partial charge in [0.05, 0.1) is 5.69 Å². The molecule has 1 aliphatic heterocycles. The van der Waals surface area contributed by atoms with Crippen LogP contribution < -0.4 is 0 Å². The van der Waals surface area contributed by atoms with E-state index in [-0.39, 0.29) is 32.7 Å². The number of hydrogen-bond donors (Lipinski definition) is 0. The number of rotatable bonds is 1. The first-order valence-electron chi connectivity index (χ1n) is 6.84. The molecule has 0 amide bonds. The Kier molecular flexibility index (Phi) is 6.62. The van der Waals surface area contributed by atoms with Crippen molar-refractivity contribution in [2.24, 2.45) is 10.1 Å². The van der Waals surface area contributed by atoms with E-state index in [0.29, 0.717) is 5.71 Å². The van der Waals surface area contributed by atoms with E-state index in [4.69, 9.17) is 0 Å². The molecule has 2 aromatic rings. The van der Waals surface area contributed by atoms with Gasteiger partial charge in [0.1, 0.15) is 0 Å². The maximum atomic E-state index is 4.52. The number of hydrogen-bond acceptors (Lipinski definition) is 3. The fourth-order valence-electron chi connectivity index (χ4n) is 1.85. The molecular weight excluding hydrogens is 337 g/mol. The number of fused-ring (bicyclic) bond motifs is 1. The minimum absolute atomic E-state index is 0. The van der Waals surface area contributed by atoms with Crippen molar-refractivity contribution < 1.29 is 32.7 Å². The summed E-state index contributed by atoms with van der Waals surface area (Å²) in [4.78, 5) is 8.99. The third-order valence-electron chi connectivity index (χ3n) is 3.06. The van der Waals surface area contributed by atoms with Crippen LogP contribution in [0, 0.1) is 20.8 Å². The Morgan fingerprint density at radius 3 is 2.29 bits per heavy atom. The van der Waals surface area contributed by atoms with Gasteiger partial charge in [-0.3, -0.25) is 10.1 Å². The summed E-state index contributed by atoms with van der Waals surface area (Å²) in [6.45, 7) is 10.0. The summed E-state index contributed by atoms with van der Waals surface area (Å²) in [5.74, 6) is 0.769. The van der Waals surface area contributed by atoms with Crippen LogP contribution in [0.5, 0.6) is 0 Å². The van der Waals surface area contributed by atoms with Gasteiger partial charge in [-0.2, -0.15) is 0 Å². The normalized spacial score (nSPS) is 13.5. The number of aliphatic imine (C=N–C) groups is 1. The second-order valence-corrected chi connectivity index (χ2v) is 4.43. The Morgan fingerprint density at radius 1 is 1.05 bits per heavy atom. The summed E-state index contributed by atoms with van der Waals surface area (Å²) < 4.78 is 1.78. The van der Waals surface area contributed by atoms with Crippen molar-refractivity contribution in [3.05, 3.63) is 47.0 Å². The van der Waals surface area contributed by atoms with E-state index in [0.717, 1.165) is 22.9 Å². The quantitative estimate of drug-likeness (QED) is 0.719. The summed E-state index contributed by atoms with van der Waals surface area (Å²) in [7, 11) is 0. The minimum atomic E-state index is 0. The Labute approximate surface area is 151 Å². The topological polar surface area (TPSA) is 42.5 Å². The van der Waals surface area contributed by atoms with Crippen molar-refractivity contribution >= 4 is 17.6 Å². The summed E-state index contributed by atoms with van der Waals surface area (Å²) in [5, 5.41) is 4.19. The number of aryl methyl sites for hydroxylation is 2. The van der Waals surface area contributed by atoms with E-state index in [1.807, 2.05) is 52.0 Å². The van der Waals surface area contributed by atoms with Crippen molar-refractivity contribution in [1.29, 1.82) is 0 Å². The molecule has 0 unspecified atom stereocenters. The van der Waals surface area contributed by atoms with Crippen molar-refractivity contribution in [3.8, 4) is 0 Å². The van der Waals surface area contributed by atoms with Crippen LogP contribution in [0.15, 0.2) is 34.4 Å². The summed E-state index contributed by atoms with van der Waals surface area (Å²) in [5.41, 5.74) is 4.81. The zero-order valence-electron chi connectivity index (χ0n) is 13.2. The van der Waals surface area contributed by atoms with Gasteiger partial charge >= 0.3 is 0 Å². The molecule has 2 heterocycles. The third kappa shape index (κ3) is 3.75. The van der Waals surface area contributed by atoms with Gasteiger partial charge in [-0.05, 0) is 38.6 Å². The molecule has 1 aromatic carbocycles. The van der Waals surface area contributed by atoms with Crippen LogP contribution in [0.3, 0.4) is 0 Å². The maximum Gasteiger partial charge on any atom is 0.0601 e. The molecule has 0 fully saturated rings. The molecule has 5 heteroatoms. The molecule has 21 heavy (non-hydrogen) atoms. The Hall–Kier alpha value is -1.13. The van der Waals surface area contributed by atoms with Crippen LogP contribution >= 0.6 is 0 Å². The average Bonchev–Trinajstić information content (AvgIpc) is 2.97. The minimum Gasteiger partial charge on any atom is -0.325 e. The van der Waals surface area contributed by atoms with Crippen molar-refractivity contribution in [2.45, 2.75) is 34.6 Å². The molecule has 0 bridgehead atoms. The second-order valence-electron chi connectivity index (χ2n) is 4.43. The molecule has 1 radical (unpaired) electrons. The molecule has 107 valence electrons. The van der Waals surface area contributed by atoms with E-state index >= 15 is 0 Å². The molecule has 0 N–H and O–H groups in total. The number of benzene rings is 1. The first-order valence-corrected chi connectivity index (χ1v) is 6.84. The largest absolute Gasteiger partial charge is 0.325 e. The van der Waals surface area contributed by atoms with E-state index in [9.17, 15) is 0 Å². The van der Waals surface area contributed by atoms with Crippen molar-refractivity contribution in [1.82, 2.24) is 9.66 Å². The standard InChI is InChI=1S/C14H13N4.C2H6.Y/c1-9-4-6-12(7-5-9)17-13-8-15-18-11(3)10(2)16-14(13)18;1-2;/h4-7H,1-3H3;1-2H3;/q-1;;. The molecule has 0 saturated carbocycles. The van der Waals surface area contributed by atoms with Crippen LogP contribution in [0.25, 0.3) is 0 Å². The van der Waals surface area contributed by atoms with Crippen LogP contribution in [-0.2, 0) is 32.7 Å². The van der Waals surface area contributed by atoms with Gasteiger partial charge in [-0.25, -0.2) is 0 Å². The first kappa shape index (κ1) is 17.9. The molecule has 1 aliphatic rings. The van der Waals surface area contributed by atoms with Crippen molar-refractivity contribution in [3.63, 3.8) is 0 Å². The zero-order valence-corrected chi connectivity index (χ0v) is 16.0. The van der Waals surface area contributed by atoms with E-state index in [2.05, 4.69) is 28.2 Å². The molecule has 1 aromatic heterocycles. The van der Waals surface area contributed by atoms with Gasteiger partial charge in [-0.15, -0.1) is 0 Å². The van der Waals surface area contributed by atoms with Gasteiger partial charge in [0.25, 0.3) is 0 Å². The SMILES string of the molecule is CC.Cc1ccc(N=C2[C-]=Nn3c2nc(C)c3C)cc1.[Y]. The summed E-state index contributed by atoms with van der Waals surface area (Å²) in [6, 6.07) is 8.04. The Balaban J connectivity index is 0.000000706. The fraction of sp³-hybridized carbons (Fsp3) is 0.312. The summed E-state index contributed by atoms with van der Waals surface area (Å²) in [6.07, 6.45) is 2.91. The van der Waals surface area contributed by atoms with Crippen LogP contribution in [0.4, 0.5) is 5.69 Å². The first-order chi connectivity index (χ1) is 9.65. The smallest absolute Gasteiger partial charge is 0.0601 e. The molecule has 4 nitrogen and oxygen atoms in total. The maximum absolute atomic E-state index is 4.52.